The number of para-hydroxylation sites is 1. The van der Waals surface area contributed by atoms with E-state index in [1.54, 1.807) is 11.3 Å². The maximum absolute atomic E-state index is 5.92. The largest absolute Gasteiger partial charge is 0.493 e. The molecule has 0 saturated heterocycles. The topological polar surface area (TPSA) is 34.1 Å². The molecule has 1 aliphatic heterocycles. The molecule has 1 aromatic carbocycles. The van der Waals surface area contributed by atoms with E-state index < -0.39 is 0 Å². The molecule has 1 aromatic heterocycles. The van der Waals surface area contributed by atoms with Gasteiger partial charge in [-0.2, -0.15) is 0 Å². The molecule has 1 unspecified atom stereocenters. The molecule has 20 heavy (non-hydrogen) atoms. The van der Waals surface area contributed by atoms with Gasteiger partial charge in [0.2, 0.25) is 0 Å². The molecule has 0 radical (unpaired) electrons. The van der Waals surface area contributed by atoms with Crippen LogP contribution in [0.3, 0.4) is 0 Å². The van der Waals surface area contributed by atoms with Gasteiger partial charge < -0.3 is 10.1 Å². The number of fused-ring (bicyclic) bond motifs is 1. The molecule has 0 saturated carbocycles. The second kappa shape index (κ2) is 5.94. The third-order valence-electron chi connectivity index (χ3n) is 3.86. The number of hydrogen-bond donors (Lipinski definition) is 1. The molecule has 3 nitrogen and oxygen atoms in total. The minimum Gasteiger partial charge on any atom is -0.493 e. The SMILES string of the molecule is Cc1cccc2c1OCCCC2NCc1scnc1C. The lowest BCUT2D eigenvalue weighted by atomic mass is 10.00. The molecule has 0 bridgehead atoms. The Kier molecular flexibility index (Phi) is 4.03. The van der Waals surface area contributed by atoms with Gasteiger partial charge in [0.15, 0.2) is 0 Å². The van der Waals surface area contributed by atoms with E-state index in [1.165, 1.54) is 16.0 Å². The van der Waals surface area contributed by atoms with Crippen LogP contribution in [0.2, 0.25) is 0 Å². The lowest BCUT2D eigenvalue weighted by Gasteiger charge is -2.19. The Hall–Kier alpha value is -1.39. The van der Waals surface area contributed by atoms with E-state index >= 15 is 0 Å². The highest BCUT2D eigenvalue weighted by Gasteiger charge is 2.20. The van der Waals surface area contributed by atoms with Gasteiger partial charge in [-0.05, 0) is 32.3 Å². The predicted octanol–water partition coefficient (Wildman–Crippen LogP) is 3.76. The van der Waals surface area contributed by atoms with E-state index in [1.807, 2.05) is 5.51 Å². The fraction of sp³-hybridized carbons (Fsp3) is 0.438. The van der Waals surface area contributed by atoms with Gasteiger partial charge >= 0.3 is 0 Å². The van der Waals surface area contributed by atoms with Gasteiger partial charge in [-0.3, -0.25) is 0 Å². The first kappa shape index (κ1) is 13.6. The maximum atomic E-state index is 5.92. The van der Waals surface area contributed by atoms with Crippen LogP contribution in [0.1, 0.15) is 40.6 Å². The fourth-order valence-corrected chi connectivity index (χ4v) is 3.42. The summed E-state index contributed by atoms with van der Waals surface area (Å²) >= 11 is 1.72. The van der Waals surface area contributed by atoms with Crippen LogP contribution in [0.4, 0.5) is 0 Å². The van der Waals surface area contributed by atoms with Crippen LogP contribution in [-0.4, -0.2) is 11.6 Å². The van der Waals surface area contributed by atoms with E-state index in [0.717, 1.165) is 37.4 Å². The fourth-order valence-electron chi connectivity index (χ4n) is 2.69. The Morgan fingerprint density at radius 2 is 2.30 bits per heavy atom. The van der Waals surface area contributed by atoms with Crippen molar-refractivity contribution in [1.29, 1.82) is 0 Å². The summed E-state index contributed by atoms with van der Waals surface area (Å²) in [4.78, 5) is 5.63. The zero-order valence-electron chi connectivity index (χ0n) is 12.0. The van der Waals surface area contributed by atoms with Gasteiger partial charge in [0.25, 0.3) is 0 Å². The van der Waals surface area contributed by atoms with Crippen LogP contribution in [0.25, 0.3) is 0 Å². The monoisotopic (exact) mass is 288 g/mol. The van der Waals surface area contributed by atoms with Crippen molar-refractivity contribution < 1.29 is 4.74 Å². The highest BCUT2D eigenvalue weighted by atomic mass is 32.1. The third-order valence-corrected chi connectivity index (χ3v) is 4.79. The summed E-state index contributed by atoms with van der Waals surface area (Å²) < 4.78 is 5.92. The highest BCUT2D eigenvalue weighted by Crippen LogP contribution is 2.34. The highest BCUT2D eigenvalue weighted by molar-refractivity contribution is 7.09. The number of nitrogens with one attached hydrogen (secondary N) is 1. The Balaban J connectivity index is 1.80. The molecule has 1 atom stereocenters. The van der Waals surface area contributed by atoms with E-state index in [-0.39, 0.29) is 0 Å². The summed E-state index contributed by atoms with van der Waals surface area (Å²) in [6.07, 6.45) is 2.21. The van der Waals surface area contributed by atoms with Crippen molar-refractivity contribution >= 4 is 11.3 Å². The van der Waals surface area contributed by atoms with Crippen molar-refractivity contribution in [2.75, 3.05) is 6.61 Å². The summed E-state index contributed by atoms with van der Waals surface area (Å²) in [6.45, 7) is 5.89. The third kappa shape index (κ3) is 2.72. The first-order valence-corrected chi connectivity index (χ1v) is 7.98. The van der Waals surface area contributed by atoms with E-state index in [0.29, 0.717) is 6.04 Å². The van der Waals surface area contributed by atoms with Gasteiger partial charge in [0, 0.05) is 23.0 Å². The number of hydrogen-bond acceptors (Lipinski definition) is 4. The Bertz CT molecular complexity index is 594. The normalized spacial score (nSPS) is 18.2. The molecular weight excluding hydrogens is 268 g/mol. The Morgan fingerprint density at radius 3 is 3.10 bits per heavy atom. The average molecular weight is 288 g/mol. The molecule has 3 rings (SSSR count). The van der Waals surface area contributed by atoms with Crippen molar-refractivity contribution in [2.45, 2.75) is 39.3 Å². The van der Waals surface area contributed by atoms with E-state index in [4.69, 9.17) is 4.74 Å². The van der Waals surface area contributed by atoms with Crippen LogP contribution in [0.15, 0.2) is 23.7 Å². The minimum absolute atomic E-state index is 0.369. The van der Waals surface area contributed by atoms with Crippen molar-refractivity contribution in [3.63, 3.8) is 0 Å². The van der Waals surface area contributed by atoms with Gasteiger partial charge in [-0.1, -0.05) is 18.2 Å². The summed E-state index contributed by atoms with van der Waals surface area (Å²) in [6, 6.07) is 6.79. The van der Waals surface area contributed by atoms with Crippen LogP contribution in [0.5, 0.6) is 5.75 Å². The Labute approximate surface area is 124 Å². The molecule has 0 spiro atoms. The molecule has 106 valence electrons. The van der Waals surface area contributed by atoms with Crippen molar-refractivity contribution in [3.8, 4) is 5.75 Å². The zero-order chi connectivity index (χ0) is 13.9. The quantitative estimate of drug-likeness (QED) is 0.933. The molecule has 0 aliphatic carbocycles. The van der Waals surface area contributed by atoms with Gasteiger partial charge in [0.1, 0.15) is 5.75 Å². The second-order valence-corrected chi connectivity index (χ2v) is 6.22. The number of thiazole rings is 1. The zero-order valence-corrected chi connectivity index (χ0v) is 12.8. The summed E-state index contributed by atoms with van der Waals surface area (Å²) in [5, 5.41) is 3.68. The van der Waals surface area contributed by atoms with Gasteiger partial charge in [-0.15, -0.1) is 11.3 Å². The molecule has 0 amide bonds. The number of aryl methyl sites for hydroxylation is 2. The molecular formula is C16H20N2OS. The molecule has 4 heteroatoms. The van der Waals surface area contributed by atoms with Crippen molar-refractivity contribution in [2.24, 2.45) is 0 Å². The smallest absolute Gasteiger partial charge is 0.126 e. The van der Waals surface area contributed by atoms with E-state index in [2.05, 4.69) is 42.3 Å². The first-order valence-electron chi connectivity index (χ1n) is 7.10. The minimum atomic E-state index is 0.369. The molecule has 2 aromatic rings. The first-order chi connectivity index (χ1) is 9.75. The number of benzene rings is 1. The van der Waals surface area contributed by atoms with Gasteiger partial charge in [-0.25, -0.2) is 4.98 Å². The van der Waals surface area contributed by atoms with Crippen LogP contribution in [-0.2, 0) is 6.54 Å². The number of aromatic nitrogens is 1. The van der Waals surface area contributed by atoms with Crippen molar-refractivity contribution in [1.82, 2.24) is 10.3 Å². The number of rotatable bonds is 3. The summed E-state index contributed by atoms with van der Waals surface area (Å²) in [5.41, 5.74) is 5.58. The second-order valence-electron chi connectivity index (χ2n) is 5.28. The Morgan fingerprint density at radius 1 is 1.40 bits per heavy atom. The summed E-state index contributed by atoms with van der Waals surface area (Å²) in [7, 11) is 0. The lowest BCUT2D eigenvalue weighted by molar-refractivity contribution is 0.313. The summed E-state index contributed by atoms with van der Waals surface area (Å²) in [5.74, 6) is 1.07. The average Bonchev–Trinajstić information content (AvgIpc) is 2.73. The lowest BCUT2D eigenvalue weighted by Crippen LogP contribution is -2.20. The molecule has 1 N–H and O–H groups in total. The number of ether oxygens (including phenoxy) is 1. The number of nitrogens with zero attached hydrogens (tertiary/aromatic N) is 1. The van der Waals surface area contributed by atoms with Gasteiger partial charge in [0.05, 0.1) is 17.8 Å². The molecule has 2 heterocycles. The standard InChI is InChI=1S/C16H20N2OS/c1-11-5-3-6-13-14(7-4-8-19-16(11)13)17-9-15-12(2)18-10-20-15/h3,5-6,10,14,17H,4,7-9H2,1-2H3. The van der Waals surface area contributed by atoms with Crippen LogP contribution in [0, 0.1) is 13.8 Å². The van der Waals surface area contributed by atoms with Crippen LogP contribution >= 0.6 is 11.3 Å². The van der Waals surface area contributed by atoms with Crippen LogP contribution < -0.4 is 10.1 Å². The molecule has 1 aliphatic rings. The maximum Gasteiger partial charge on any atom is 0.126 e. The molecule has 0 fully saturated rings. The predicted molar refractivity (Wildman–Crippen MR) is 82.3 cm³/mol. The van der Waals surface area contributed by atoms with E-state index in [9.17, 15) is 0 Å². The van der Waals surface area contributed by atoms with Crippen molar-refractivity contribution in [3.05, 3.63) is 45.4 Å².